The van der Waals surface area contributed by atoms with Crippen molar-refractivity contribution in [1.82, 2.24) is 4.90 Å². The van der Waals surface area contributed by atoms with E-state index in [1.54, 1.807) is 0 Å². The highest BCUT2D eigenvalue weighted by molar-refractivity contribution is 6.13. The quantitative estimate of drug-likeness (QED) is 0.549. The van der Waals surface area contributed by atoms with Gasteiger partial charge in [0.05, 0.1) is 24.6 Å². The van der Waals surface area contributed by atoms with Crippen molar-refractivity contribution < 1.29 is 4.74 Å². The molecule has 29 heavy (non-hydrogen) atoms. The highest BCUT2D eigenvalue weighted by atomic mass is 16.5. The van der Waals surface area contributed by atoms with Crippen LogP contribution < -0.4 is 0 Å². The summed E-state index contributed by atoms with van der Waals surface area (Å²) in [6.07, 6.45) is 0. The lowest BCUT2D eigenvalue weighted by atomic mass is 9.91. The second-order valence-electron chi connectivity index (χ2n) is 7.90. The van der Waals surface area contributed by atoms with E-state index in [1.807, 2.05) is 12.1 Å². The Kier molecular flexibility index (Phi) is 5.89. The zero-order valence-electron chi connectivity index (χ0n) is 17.2. The van der Waals surface area contributed by atoms with Crippen LogP contribution in [-0.4, -0.2) is 36.9 Å². The van der Waals surface area contributed by atoms with Crippen LogP contribution in [0.15, 0.2) is 89.9 Å². The van der Waals surface area contributed by atoms with Crippen molar-refractivity contribution in [3.63, 3.8) is 0 Å². The fraction of sp³-hybridized carbons (Fsp3) is 0.269. The zero-order chi connectivity index (χ0) is 20.1. The van der Waals surface area contributed by atoms with Crippen LogP contribution in [0.3, 0.4) is 0 Å². The Labute approximate surface area is 173 Å². The first-order valence-electron chi connectivity index (χ1n) is 10.3. The van der Waals surface area contributed by atoms with E-state index in [0.717, 1.165) is 48.8 Å². The third kappa shape index (κ3) is 4.47. The van der Waals surface area contributed by atoms with Crippen LogP contribution in [0, 0.1) is 0 Å². The van der Waals surface area contributed by atoms with Crippen molar-refractivity contribution in [2.75, 3.05) is 26.3 Å². The Morgan fingerprint density at radius 1 is 0.793 bits per heavy atom. The van der Waals surface area contributed by atoms with Gasteiger partial charge in [0.2, 0.25) is 0 Å². The smallest absolute Gasteiger partial charge is 0.0781 e. The van der Waals surface area contributed by atoms with Crippen LogP contribution in [0.2, 0.25) is 0 Å². The maximum Gasteiger partial charge on any atom is 0.0781 e. The van der Waals surface area contributed by atoms with Crippen LogP contribution in [0.5, 0.6) is 0 Å². The summed E-state index contributed by atoms with van der Waals surface area (Å²) in [7, 11) is 0. The molecule has 1 aliphatic heterocycles. The summed E-state index contributed by atoms with van der Waals surface area (Å²) >= 11 is 0. The molecule has 3 heteroatoms. The van der Waals surface area contributed by atoms with Crippen LogP contribution >= 0.6 is 0 Å². The number of aliphatic imine (C=N–C) groups is 1. The number of hydrogen-bond donors (Lipinski definition) is 0. The Bertz CT molecular complexity index is 917. The molecule has 1 fully saturated rings. The van der Waals surface area contributed by atoms with Crippen LogP contribution in [-0.2, 0) is 10.3 Å². The van der Waals surface area contributed by atoms with Gasteiger partial charge in [0, 0.05) is 29.8 Å². The van der Waals surface area contributed by atoms with Gasteiger partial charge in [-0.05, 0) is 31.5 Å². The fourth-order valence-electron chi connectivity index (χ4n) is 3.88. The number of rotatable bonds is 5. The van der Waals surface area contributed by atoms with Crippen molar-refractivity contribution in [3.05, 3.63) is 102 Å². The highest BCUT2D eigenvalue weighted by Gasteiger charge is 2.30. The average Bonchev–Trinajstić information content (AvgIpc) is 2.79. The highest BCUT2D eigenvalue weighted by Crippen LogP contribution is 2.31. The molecule has 1 aliphatic rings. The molecule has 0 aliphatic carbocycles. The number of hydrogen-bond acceptors (Lipinski definition) is 3. The average molecular weight is 385 g/mol. The molecule has 148 valence electrons. The lowest BCUT2D eigenvalue weighted by molar-refractivity contribution is -0.0117. The molecule has 4 rings (SSSR count). The summed E-state index contributed by atoms with van der Waals surface area (Å²) < 4.78 is 5.54. The second kappa shape index (κ2) is 8.73. The van der Waals surface area contributed by atoms with Crippen molar-refractivity contribution in [2.24, 2.45) is 4.99 Å². The molecule has 0 aromatic heterocycles. The number of benzene rings is 3. The maximum absolute atomic E-state index is 5.54. The van der Waals surface area contributed by atoms with Gasteiger partial charge in [0.25, 0.3) is 0 Å². The standard InChI is InChI=1S/C26H28N2O/c1-26(2,28-16-18-29-19-17-28)23-14-9-15-24(20-23)27-25(21-10-5-3-6-11-21)22-12-7-4-8-13-22/h3-15,20H,16-19H2,1-2H3. The van der Waals surface area contributed by atoms with Gasteiger partial charge in [0.15, 0.2) is 0 Å². The molecule has 0 unspecified atom stereocenters. The second-order valence-corrected chi connectivity index (χ2v) is 7.90. The van der Waals surface area contributed by atoms with Crippen LogP contribution in [0.4, 0.5) is 5.69 Å². The van der Waals surface area contributed by atoms with E-state index in [2.05, 4.69) is 91.5 Å². The summed E-state index contributed by atoms with van der Waals surface area (Å²) in [5.74, 6) is 0. The predicted octanol–water partition coefficient (Wildman–Crippen LogP) is 5.42. The third-order valence-corrected chi connectivity index (χ3v) is 5.69. The lowest BCUT2D eigenvalue weighted by Gasteiger charge is -2.41. The van der Waals surface area contributed by atoms with E-state index in [4.69, 9.17) is 9.73 Å². The van der Waals surface area contributed by atoms with Gasteiger partial charge in [-0.15, -0.1) is 0 Å². The van der Waals surface area contributed by atoms with Gasteiger partial charge >= 0.3 is 0 Å². The Balaban J connectivity index is 1.73. The minimum Gasteiger partial charge on any atom is -0.379 e. The Morgan fingerprint density at radius 2 is 1.38 bits per heavy atom. The summed E-state index contributed by atoms with van der Waals surface area (Å²) in [5.41, 5.74) is 5.43. The molecule has 0 radical (unpaired) electrons. The number of ether oxygens (including phenoxy) is 1. The Morgan fingerprint density at radius 3 is 1.97 bits per heavy atom. The molecule has 0 amide bonds. The summed E-state index contributed by atoms with van der Waals surface area (Å²) in [6.45, 7) is 8.09. The van der Waals surface area contributed by atoms with E-state index >= 15 is 0 Å². The molecule has 3 nitrogen and oxygen atoms in total. The molecule has 0 bridgehead atoms. The number of nitrogens with zero attached hydrogens (tertiary/aromatic N) is 2. The molecule has 3 aromatic carbocycles. The third-order valence-electron chi connectivity index (χ3n) is 5.69. The lowest BCUT2D eigenvalue weighted by Crippen LogP contribution is -2.47. The van der Waals surface area contributed by atoms with Gasteiger partial charge < -0.3 is 4.74 Å². The van der Waals surface area contributed by atoms with Crippen molar-refractivity contribution in [3.8, 4) is 0 Å². The van der Waals surface area contributed by atoms with Crippen LogP contribution in [0.1, 0.15) is 30.5 Å². The molecule has 0 N–H and O–H groups in total. The van der Waals surface area contributed by atoms with E-state index in [0.29, 0.717) is 0 Å². The fourth-order valence-corrected chi connectivity index (χ4v) is 3.88. The van der Waals surface area contributed by atoms with E-state index in [-0.39, 0.29) is 5.54 Å². The van der Waals surface area contributed by atoms with E-state index < -0.39 is 0 Å². The number of morpholine rings is 1. The molecule has 1 heterocycles. The summed E-state index contributed by atoms with van der Waals surface area (Å²) in [6, 6.07) is 29.4. The van der Waals surface area contributed by atoms with E-state index in [9.17, 15) is 0 Å². The molecule has 0 spiro atoms. The van der Waals surface area contributed by atoms with Crippen molar-refractivity contribution in [1.29, 1.82) is 0 Å². The van der Waals surface area contributed by atoms with E-state index in [1.165, 1.54) is 5.56 Å². The first-order valence-corrected chi connectivity index (χ1v) is 10.3. The minimum atomic E-state index is -0.0605. The normalized spacial score (nSPS) is 15.1. The van der Waals surface area contributed by atoms with Gasteiger partial charge in [-0.3, -0.25) is 4.90 Å². The Hall–Kier alpha value is -2.75. The van der Waals surface area contributed by atoms with Gasteiger partial charge in [-0.2, -0.15) is 0 Å². The minimum absolute atomic E-state index is 0.0605. The molecule has 3 aromatic rings. The monoisotopic (exact) mass is 384 g/mol. The molecule has 0 atom stereocenters. The van der Waals surface area contributed by atoms with Crippen molar-refractivity contribution in [2.45, 2.75) is 19.4 Å². The zero-order valence-corrected chi connectivity index (χ0v) is 17.2. The first kappa shape index (κ1) is 19.6. The van der Waals surface area contributed by atoms with Gasteiger partial charge in [0.1, 0.15) is 0 Å². The predicted molar refractivity (Wildman–Crippen MR) is 120 cm³/mol. The maximum atomic E-state index is 5.54. The molecule has 0 saturated carbocycles. The van der Waals surface area contributed by atoms with Gasteiger partial charge in [-0.25, -0.2) is 4.99 Å². The first-order chi connectivity index (χ1) is 14.1. The molecular formula is C26H28N2O. The molecule has 1 saturated heterocycles. The summed E-state index contributed by atoms with van der Waals surface area (Å²) in [5, 5.41) is 0. The molecular weight excluding hydrogens is 356 g/mol. The van der Waals surface area contributed by atoms with Crippen molar-refractivity contribution >= 4 is 11.4 Å². The van der Waals surface area contributed by atoms with Gasteiger partial charge in [-0.1, -0.05) is 72.8 Å². The topological polar surface area (TPSA) is 24.8 Å². The summed E-state index contributed by atoms with van der Waals surface area (Å²) in [4.78, 5) is 7.59. The van der Waals surface area contributed by atoms with Crippen LogP contribution in [0.25, 0.3) is 0 Å². The largest absolute Gasteiger partial charge is 0.379 e. The SMILES string of the molecule is CC(C)(c1cccc(N=C(c2ccccc2)c2ccccc2)c1)N1CCOCC1.